The van der Waals surface area contributed by atoms with Crippen LogP contribution in [0.5, 0.6) is 5.75 Å². The number of benzene rings is 1. The molecule has 0 saturated heterocycles. The molecule has 0 fully saturated rings. The van der Waals surface area contributed by atoms with Crippen LogP contribution in [0.3, 0.4) is 0 Å². The molecule has 1 aromatic carbocycles. The first-order valence-electron chi connectivity index (χ1n) is 11.2. The van der Waals surface area contributed by atoms with Crippen molar-refractivity contribution in [1.29, 1.82) is 0 Å². The van der Waals surface area contributed by atoms with E-state index in [1.807, 2.05) is 0 Å². The van der Waals surface area contributed by atoms with E-state index in [1.54, 1.807) is 5.10 Å². The Kier molecular flexibility index (Phi) is 7.70. The van der Waals surface area contributed by atoms with Gasteiger partial charge in [-0.1, -0.05) is 0 Å². The standard InChI is InChI=1S/C24H18F7N5O3/c1-11(39-18-9-34-35-22(37)19(18)24(29,30)31)4-14(25)10-36-3-2-12-5-16(17(26)6-15(12)23(36)38)21-32-7-13(8-33-21)20(27)28/h2-3,5-9,11,14,20H,4,10H2,1H3,(H,35,37)/t11-,14-/m0/s1. The van der Waals surface area contributed by atoms with Gasteiger partial charge in [0.25, 0.3) is 17.5 Å². The number of hydrogen-bond donors (Lipinski definition) is 1. The quantitative estimate of drug-likeness (QED) is 0.312. The van der Waals surface area contributed by atoms with Crippen LogP contribution in [0, 0.1) is 5.82 Å². The zero-order valence-electron chi connectivity index (χ0n) is 19.8. The van der Waals surface area contributed by atoms with E-state index in [1.165, 1.54) is 25.3 Å². The smallest absolute Gasteiger partial charge is 0.425 e. The summed E-state index contributed by atoms with van der Waals surface area (Å²) < 4.78 is 101. The van der Waals surface area contributed by atoms with Gasteiger partial charge in [-0.15, -0.1) is 0 Å². The van der Waals surface area contributed by atoms with E-state index >= 15 is 0 Å². The minimum Gasteiger partial charge on any atom is -0.488 e. The second-order valence-electron chi connectivity index (χ2n) is 8.53. The average Bonchev–Trinajstić information content (AvgIpc) is 2.85. The summed E-state index contributed by atoms with van der Waals surface area (Å²) in [6, 6.07) is 3.55. The van der Waals surface area contributed by atoms with Crippen LogP contribution in [0.25, 0.3) is 22.2 Å². The topological polar surface area (TPSA) is 103 Å². The van der Waals surface area contributed by atoms with Crippen LogP contribution < -0.4 is 15.9 Å². The zero-order chi connectivity index (χ0) is 28.5. The van der Waals surface area contributed by atoms with Crippen LogP contribution in [0.1, 0.15) is 30.9 Å². The number of nitrogens with zero attached hydrogens (tertiary/aromatic N) is 4. The van der Waals surface area contributed by atoms with E-state index in [0.29, 0.717) is 6.20 Å². The lowest BCUT2D eigenvalue weighted by Gasteiger charge is -2.19. The number of ether oxygens (including phenoxy) is 1. The summed E-state index contributed by atoms with van der Waals surface area (Å²) in [7, 11) is 0. The summed E-state index contributed by atoms with van der Waals surface area (Å²) in [4.78, 5) is 31.9. The van der Waals surface area contributed by atoms with Gasteiger partial charge in [0, 0.05) is 25.0 Å². The highest BCUT2D eigenvalue weighted by atomic mass is 19.4. The molecule has 0 bridgehead atoms. The molecule has 206 valence electrons. The van der Waals surface area contributed by atoms with Crippen LogP contribution in [0.2, 0.25) is 0 Å². The van der Waals surface area contributed by atoms with Crippen molar-refractivity contribution in [2.75, 3.05) is 0 Å². The van der Waals surface area contributed by atoms with Crippen LogP contribution in [0.15, 0.2) is 52.6 Å². The number of hydrogen-bond acceptors (Lipinski definition) is 6. The van der Waals surface area contributed by atoms with Gasteiger partial charge in [-0.3, -0.25) is 9.59 Å². The molecule has 15 heteroatoms. The normalized spacial score (nSPS) is 13.6. The number of alkyl halides is 6. The molecular weight excluding hydrogens is 539 g/mol. The molecule has 0 aliphatic heterocycles. The van der Waals surface area contributed by atoms with Crippen molar-refractivity contribution in [3.05, 3.63) is 80.6 Å². The molecule has 3 aromatic heterocycles. The van der Waals surface area contributed by atoms with Crippen LogP contribution in [-0.4, -0.2) is 37.0 Å². The van der Waals surface area contributed by atoms with Gasteiger partial charge in [-0.2, -0.15) is 18.3 Å². The second kappa shape index (κ2) is 10.8. The van der Waals surface area contributed by atoms with Crippen molar-refractivity contribution in [2.45, 2.75) is 44.8 Å². The summed E-state index contributed by atoms with van der Waals surface area (Å²) in [5.41, 5.74) is -4.46. The van der Waals surface area contributed by atoms with Gasteiger partial charge in [-0.25, -0.2) is 32.6 Å². The molecule has 2 atom stereocenters. The lowest BCUT2D eigenvalue weighted by molar-refractivity contribution is -0.140. The van der Waals surface area contributed by atoms with Crippen molar-refractivity contribution in [3.63, 3.8) is 0 Å². The van der Waals surface area contributed by atoms with E-state index in [9.17, 15) is 40.3 Å². The highest BCUT2D eigenvalue weighted by molar-refractivity contribution is 5.85. The Balaban J connectivity index is 1.51. The number of aromatic nitrogens is 5. The lowest BCUT2D eigenvalue weighted by atomic mass is 10.1. The summed E-state index contributed by atoms with van der Waals surface area (Å²) in [6.45, 7) is 0.758. The molecule has 0 spiro atoms. The Bertz CT molecular complexity index is 1600. The first kappa shape index (κ1) is 27.7. The fourth-order valence-corrected chi connectivity index (χ4v) is 3.86. The van der Waals surface area contributed by atoms with Crippen molar-refractivity contribution in [2.24, 2.45) is 0 Å². The van der Waals surface area contributed by atoms with Crippen molar-refractivity contribution in [3.8, 4) is 17.1 Å². The molecular formula is C24H18F7N5O3. The third-order valence-electron chi connectivity index (χ3n) is 5.64. The number of nitrogens with one attached hydrogen (secondary N) is 1. The second-order valence-corrected chi connectivity index (χ2v) is 8.53. The molecule has 4 aromatic rings. The Morgan fingerprint density at radius 3 is 2.41 bits per heavy atom. The first-order valence-corrected chi connectivity index (χ1v) is 11.2. The summed E-state index contributed by atoms with van der Waals surface area (Å²) in [5, 5.41) is 5.08. The fraction of sp³-hybridized carbons (Fsp3) is 0.292. The number of fused-ring (bicyclic) bond motifs is 1. The Labute approximate surface area is 214 Å². The third-order valence-corrected chi connectivity index (χ3v) is 5.64. The maximum absolute atomic E-state index is 14.8. The van der Waals surface area contributed by atoms with Gasteiger partial charge < -0.3 is 9.30 Å². The highest BCUT2D eigenvalue weighted by Crippen LogP contribution is 2.33. The molecule has 1 N–H and O–H groups in total. The van der Waals surface area contributed by atoms with Gasteiger partial charge in [-0.05, 0) is 30.5 Å². The van der Waals surface area contributed by atoms with Crippen molar-refractivity contribution >= 4 is 10.8 Å². The van der Waals surface area contributed by atoms with Crippen molar-refractivity contribution in [1.82, 2.24) is 24.7 Å². The summed E-state index contributed by atoms with van der Waals surface area (Å²) in [5.74, 6) is -1.95. The van der Waals surface area contributed by atoms with Gasteiger partial charge >= 0.3 is 6.18 Å². The number of aromatic amines is 1. The molecule has 39 heavy (non-hydrogen) atoms. The molecule has 0 amide bonds. The molecule has 0 aliphatic rings. The lowest BCUT2D eigenvalue weighted by Crippen LogP contribution is -2.29. The van der Waals surface area contributed by atoms with Crippen molar-refractivity contribution < 1.29 is 35.5 Å². The van der Waals surface area contributed by atoms with E-state index in [4.69, 9.17) is 4.74 Å². The van der Waals surface area contributed by atoms with E-state index < -0.39 is 71.7 Å². The molecule has 0 unspecified atom stereocenters. The fourth-order valence-electron chi connectivity index (χ4n) is 3.86. The van der Waals surface area contributed by atoms with E-state index in [2.05, 4.69) is 15.1 Å². The zero-order valence-corrected chi connectivity index (χ0v) is 19.8. The third kappa shape index (κ3) is 6.07. The molecule has 0 saturated carbocycles. The molecule has 4 rings (SSSR count). The van der Waals surface area contributed by atoms with Crippen LogP contribution in [-0.2, 0) is 12.7 Å². The average molecular weight is 557 g/mol. The number of H-pyrrole nitrogens is 1. The number of rotatable bonds is 8. The predicted octanol–water partition coefficient (Wildman–Crippen LogP) is 4.83. The van der Waals surface area contributed by atoms with E-state index in [0.717, 1.165) is 23.0 Å². The van der Waals surface area contributed by atoms with Gasteiger partial charge in [0.2, 0.25) is 0 Å². The predicted molar refractivity (Wildman–Crippen MR) is 124 cm³/mol. The summed E-state index contributed by atoms with van der Waals surface area (Å²) >= 11 is 0. The molecule has 0 aliphatic carbocycles. The Hall–Kier alpha value is -4.30. The van der Waals surface area contributed by atoms with Gasteiger partial charge in [0.1, 0.15) is 12.0 Å². The maximum atomic E-state index is 14.8. The molecule has 0 radical (unpaired) electrons. The van der Waals surface area contributed by atoms with Gasteiger partial charge in [0.15, 0.2) is 17.1 Å². The monoisotopic (exact) mass is 557 g/mol. The maximum Gasteiger partial charge on any atom is 0.425 e. The van der Waals surface area contributed by atoms with E-state index in [-0.39, 0.29) is 22.2 Å². The number of pyridine rings is 1. The Morgan fingerprint density at radius 2 is 1.77 bits per heavy atom. The summed E-state index contributed by atoms with van der Waals surface area (Å²) in [6.07, 6.45) is -7.58. The first-order chi connectivity index (χ1) is 18.3. The number of halogens is 7. The molecule has 8 nitrogen and oxygen atoms in total. The van der Waals surface area contributed by atoms with Crippen LogP contribution in [0.4, 0.5) is 30.7 Å². The highest BCUT2D eigenvalue weighted by Gasteiger charge is 2.38. The van der Waals surface area contributed by atoms with Crippen LogP contribution >= 0.6 is 0 Å². The molecule has 3 heterocycles. The largest absolute Gasteiger partial charge is 0.488 e. The van der Waals surface area contributed by atoms with Gasteiger partial charge in [0.05, 0.1) is 35.4 Å². The Morgan fingerprint density at radius 1 is 1.08 bits per heavy atom. The SMILES string of the molecule is C[C@@H](C[C@H](F)Cn1ccc2cc(-c3ncc(C(F)F)cn3)c(F)cc2c1=O)Oc1cn[nH]c(=O)c1C(F)(F)F. The minimum atomic E-state index is -5.03. The minimum absolute atomic E-state index is 0.108.